The number of imidazole rings is 1. The maximum absolute atomic E-state index is 12.7. The number of hydrogen-bond acceptors (Lipinski definition) is 5. The van der Waals surface area contributed by atoms with Crippen LogP contribution in [-0.2, 0) is 0 Å². The lowest BCUT2D eigenvalue weighted by Gasteiger charge is -2.23. The molecule has 0 atom stereocenters. The molecule has 2 bridgehead atoms. The molecule has 2 fully saturated rings. The number of hydrogen-bond donors (Lipinski definition) is 1. The van der Waals surface area contributed by atoms with Crippen LogP contribution in [0.15, 0.2) is 36.8 Å². The molecule has 3 aromatic rings. The average Bonchev–Trinajstić information content (AvgIpc) is 3.34. The second-order valence-electron chi connectivity index (χ2n) is 6.26. The highest BCUT2D eigenvalue weighted by Crippen LogP contribution is 2.30. The second-order valence-corrected chi connectivity index (χ2v) is 6.26. The molecule has 0 aliphatic carbocycles. The molecule has 7 nitrogen and oxygen atoms in total. The molecule has 0 spiro atoms. The summed E-state index contributed by atoms with van der Waals surface area (Å²) < 4.78 is 0. The Morgan fingerprint density at radius 1 is 1.17 bits per heavy atom. The van der Waals surface area contributed by atoms with Crippen LogP contribution in [0, 0.1) is 0 Å². The van der Waals surface area contributed by atoms with Gasteiger partial charge in [0.25, 0.3) is 5.91 Å². The third-order valence-corrected chi connectivity index (χ3v) is 4.87. The Balaban J connectivity index is 1.43. The van der Waals surface area contributed by atoms with Crippen LogP contribution in [0.1, 0.15) is 23.2 Å². The number of aromatic nitrogens is 4. The highest BCUT2D eigenvalue weighted by molar-refractivity contribution is 5.95. The lowest BCUT2D eigenvalue weighted by molar-refractivity contribution is 0.0334. The number of aromatic amines is 1. The zero-order valence-corrected chi connectivity index (χ0v) is 13.0. The summed E-state index contributed by atoms with van der Waals surface area (Å²) in [6.45, 7) is 1.99. The number of hydrazine groups is 1. The van der Waals surface area contributed by atoms with Gasteiger partial charge in [0, 0.05) is 24.2 Å². The first-order chi connectivity index (χ1) is 11.8. The average molecular weight is 320 g/mol. The largest absolute Gasteiger partial charge is 0.335 e. The van der Waals surface area contributed by atoms with Crippen molar-refractivity contribution in [3.8, 4) is 11.4 Å². The van der Waals surface area contributed by atoms with E-state index < -0.39 is 0 Å². The minimum atomic E-state index is 0.0945. The van der Waals surface area contributed by atoms with E-state index in [2.05, 4.69) is 24.9 Å². The fourth-order valence-electron chi connectivity index (χ4n) is 3.64. The van der Waals surface area contributed by atoms with Crippen molar-refractivity contribution in [2.75, 3.05) is 13.1 Å². The van der Waals surface area contributed by atoms with Gasteiger partial charge in [0.1, 0.15) is 17.7 Å². The maximum Gasteiger partial charge on any atom is 0.268 e. The highest BCUT2D eigenvalue weighted by Gasteiger charge is 2.40. The molecular weight excluding hydrogens is 304 g/mol. The summed E-state index contributed by atoms with van der Waals surface area (Å²) in [4.78, 5) is 28.5. The molecule has 0 saturated carbocycles. The molecule has 5 rings (SSSR count). The Labute approximate surface area is 138 Å². The maximum atomic E-state index is 12.7. The van der Waals surface area contributed by atoms with Crippen LogP contribution in [0.5, 0.6) is 0 Å². The molecule has 7 heteroatoms. The van der Waals surface area contributed by atoms with Crippen LogP contribution >= 0.6 is 0 Å². The first-order valence-corrected chi connectivity index (χ1v) is 8.14. The summed E-state index contributed by atoms with van der Waals surface area (Å²) in [5.41, 5.74) is 3.08. The molecule has 4 heterocycles. The zero-order valence-electron chi connectivity index (χ0n) is 13.0. The summed E-state index contributed by atoms with van der Waals surface area (Å²) in [5.74, 6) is 0.825. The Bertz CT molecular complexity index is 865. The monoisotopic (exact) mass is 320 g/mol. The van der Waals surface area contributed by atoms with Gasteiger partial charge in [-0.3, -0.25) is 9.80 Å². The quantitative estimate of drug-likeness (QED) is 0.780. The van der Waals surface area contributed by atoms with Crippen molar-refractivity contribution in [3.63, 3.8) is 0 Å². The molecule has 2 aliphatic rings. The molecule has 1 aromatic carbocycles. The predicted molar refractivity (Wildman–Crippen MR) is 87.9 cm³/mol. The van der Waals surface area contributed by atoms with Gasteiger partial charge in [-0.2, -0.15) is 0 Å². The number of amides is 1. The molecule has 24 heavy (non-hydrogen) atoms. The molecule has 2 saturated heterocycles. The number of rotatable bonds is 2. The van der Waals surface area contributed by atoms with Crippen LogP contribution in [-0.4, -0.2) is 55.0 Å². The number of nitrogens with zero attached hydrogens (tertiary/aromatic N) is 5. The Morgan fingerprint density at radius 3 is 2.62 bits per heavy atom. The number of nitrogens with one attached hydrogen (secondary N) is 1. The Hall–Kier alpha value is -2.80. The van der Waals surface area contributed by atoms with E-state index in [9.17, 15) is 4.79 Å². The summed E-state index contributed by atoms with van der Waals surface area (Å²) >= 11 is 0. The fraction of sp³-hybridized carbons (Fsp3) is 0.294. The van der Waals surface area contributed by atoms with Crippen LogP contribution in [0.3, 0.4) is 0 Å². The normalized spacial score (nSPS) is 22.4. The summed E-state index contributed by atoms with van der Waals surface area (Å²) in [6, 6.07) is 7.97. The van der Waals surface area contributed by atoms with Gasteiger partial charge >= 0.3 is 0 Å². The van der Waals surface area contributed by atoms with E-state index in [4.69, 9.17) is 0 Å². The summed E-state index contributed by atoms with van der Waals surface area (Å²) in [6.07, 6.45) is 5.36. The number of carbonyl (C=O) groups excluding carboxylic acids is 1. The van der Waals surface area contributed by atoms with E-state index in [1.807, 2.05) is 29.3 Å². The number of piperidine rings is 1. The van der Waals surface area contributed by atoms with Gasteiger partial charge in [0.05, 0.1) is 12.2 Å². The lowest BCUT2D eigenvalue weighted by atomic mass is 10.1. The first kappa shape index (κ1) is 13.6. The Kier molecular flexibility index (Phi) is 2.90. The number of benzene rings is 1. The van der Waals surface area contributed by atoms with Crippen molar-refractivity contribution in [3.05, 3.63) is 42.4 Å². The van der Waals surface area contributed by atoms with Gasteiger partial charge in [-0.1, -0.05) is 12.1 Å². The van der Waals surface area contributed by atoms with Crippen molar-refractivity contribution in [1.82, 2.24) is 30.0 Å². The third-order valence-electron chi connectivity index (χ3n) is 4.87. The van der Waals surface area contributed by atoms with Crippen molar-refractivity contribution < 1.29 is 4.79 Å². The third kappa shape index (κ3) is 2.01. The molecule has 2 aliphatic heterocycles. The minimum Gasteiger partial charge on any atom is -0.335 e. The van der Waals surface area contributed by atoms with E-state index in [1.165, 1.54) is 6.33 Å². The molecule has 1 N–H and O–H groups in total. The molecule has 1 amide bonds. The van der Waals surface area contributed by atoms with E-state index in [1.54, 1.807) is 6.20 Å². The molecule has 2 aromatic heterocycles. The lowest BCUT2D eigenvalue weighted by Crippen LogP contribution is -2.38. The van der Waals surface area contributed by atoms with Gasteiger partial charge in [0.15, 0.2) is 5.65 Å². The van der Waals surface area contributed by atoms with E-state index in [0.717, 1.165) is 42.8 Å². The Morgan fingerprint density at radius 2 is 1.96 bits per heavy atom. The standard InChI is InChI=1S/C17H16N6O/c24-17(23-13-5-7-22(23)8-6-13)12-3-1-11(2-4-12)15-20-14-9-18-10-19-16(14)21-15/h1-4,9-10,13H,5-8H2,(H,18,19,20,21). The van der Waals surface area contributed by atoms with Gasteiger partial charge in [0.2, 0.25) is 0 Å². The predicted octanol–water partition coefficient (Wildman–Crippen LogP) is 1.86. The van der Waals surface area contributed by atoms with Crippen LogP contribution in [0.4, 0.5) is 0 Å². The van der Waals surface area contributed by atoms with Crippen LogP contribution in [0.25, 0.3) is 22.6 Å². The minimum absolute atomic E-state index is 0.0945. The fourth-order valence-corrected chi connectivity index (χ4v) is 3.64. The SMILES string of the molecule is O=C(c1ccc(-c2nc3ncncc3[nH]2)cc1)N1C2CCN1CC2. The van der Waals surface area contributed by atoms with Gasteiger partial charge in [-0.15, -0.1) is 0 Å². The van der Waals surface area contributed by atoms with Crippen molar-refractivity contribution in [2.45, 2.75) is 18.9 Å². The first-order valence-electron chi connectivity index (χ1n) is 8.14. The molecule has 0 unspecified atom stereocenters. The topological polar surface area (TPSA) is 78.0 Å². The van der Waals surface area contributed by atoms with Gasteiger partial charge < -0.3 is 4.98 Å². The van der Waals surface area contributed by atoms with Crippen molar-refractivity contribution in [1.29, 1.82) is 0 Å². The smallest absolute Gasteiger partial charge is 0.268 e. The number of fused-ring (bicyclic) bond motifs is 3. The van der Waals surface area contributed by atoms with E-state index in [0.29, 0.717) is 17.3 Å². The second kappa shape index (κ2) is 5.10. The van der Waals surface area contributed by atoms with E-state index >= 15 is 0 Å². The number of H-pyrrole nitrogens is 1. The number of carbonyl (C=O) groups is 1. The van der Waals surface area contributed by atoms with Gasteiger partial charge in [-0.05, 0) is 25.0 Å². The molecule has 0 radical (unpaired) electrons. The molecule has 120 valence electrons. The van der Waals surface area contributed by atoms with Gasteiger partial charge in [-0.25, -0.2) is 20.0 Å². The summed E-state index contributed by atoms with van der Waals surface area (Å²) in [7, 11) is 0. The highest BCUT2D eigenvalue weighted by atomic mass is 16.2. The zero-order chi connectivity index (χ0) is 16.1. The van der Waals surface area contributed by atoms with Crippen molar-refractivity contribution in [2.24, 2.45) is 0 Å². The van der Waals surface area contributed by atoms with E-state index in [-0.39, 0.29) is 5.91 Å². The summed E-state index contributed by atoms with van der Waals surface area (Å²) in [5, 5.41) is 4.10. The van der Waals surface area contributed by atoms with Crippen molar-refractivity contribution >= 4 is 17.1 Å². The van der Waals surface area contributed by atoms with Crippen LogP contribution < -0.4 is 0 Å². The van der Waals surface area contributed by atoms with Crippen LogP contribution in [0.2, 0.25) is 0 Å². The molecular formula is C17H16N6O.